The van der Waals surface area contributed by atoms with Crippen molar-refractivity contribution in [2.24, 2.45) is 22.7 Å². The van der Waals surface area contributed by atoms with Crippen LogP contribution >= 0.6 is 0 Å². The highest BCUT2D eigenvalue weighted by atomic mass is 32.2. The molecule has 1 amide bonds. The maximum Gasteiger partial charge on any atom is 0.336 e. The van der Waals surface area contributed by atoms with E-state index in [1.54, 1.807) is 0 Å². The predicted molar refractivity (Wildman–Crippen MR) is 106 cm³/mol. The lowest BCUT2D eigenvalue weighted by Crippen LogP contribution is -2.60. The zero-order valence-electron chi connectivity index (χ0n) is 17.0. The number of nitrogens with one attached hydrogen (secondary N) is 1. The van der Waals surface area contributed by atoms with Gasteiger partial charge in [-0.1, -0.05) is 32.1 Å². The van der Waals surface area contributed by atoms with Gasteiger partial charge in [-0.2, -0.15) is 4.21 Å². The minimum atomic E-state index is -1.66. The maximum atomic E-state index is 12.1. The van der Waals surface area contributed by atoms with Crippen molar-refractivity contribution in [3.8, 4) is 0 Å². The van der Waals surface area contributed by atoms with Crippen molar-refractivity contribution in [1.29, 1.82) is 0 Å². The zero-order chi connectivity index (χ0) is 20.8. The molecule has 4 fully saturated rings. The van der Waals surface area contributed by atoms with Crippen molar-refractivity contribution in [2.75, 3.05) is 13.2 Å². The summed E-state index contributed by atoms with van der Waals surface area (Å²) >= 11 is -1.66. The summed E-state index contributed by atoms with van der Waals surface area (Å²) in [5.74, 6) is 0.198. The molecule has 160 valence electrons. The molecule has 4 rings (SSSR count). The summed E-state index contributed by atoms with van der Waals surface area (Å²) in [4.78, 5) is 23.0. The van der Waals surface area contributed by atoms with Gasteiger partial charge < -0.3 is 10.1 Å². The third-order valence-corrected chi connectivity index (χ3v) is 8.51. The van der Waals surface area contributed by atoms with E-state index >= 15 is 0 Å². The lowest BCUT2D eigenvalue weighted by molar-refractivity contribution is -0.154. The Morgan fingerprint density at radius 2 is 2.10 bits per heavy atom. The molecule has 2 heterocycles. The van der Waals surface area contributed by atoms with Crippen molar-refractivity contribution < 1.29 is 26.9 Å². The number of hydrogen-bond acceptors (Lipinski definition) is 6. The Morgan fingerprint density at radius 1 is 1.31 bits per heavy atom. The summed E-state index contributed by atoms with van der Waals surface area (Å²) in [7, 11) is 0. The van der Waals surface area contributed by atoms with Crippen LogP contribution in [0.5, 0.6) is 0 Å². The van der Waals surface area contributed by atoms with E-state index in [1.807, 2.05) is 6.08 Å². The highest BCUT2D eigenvalue weighted by Crippen LogP contribution is 2.63. The number of rotatable bonds is 4. The van der Waals surface area contributed by atoms with Gasteiger partial charge in [-0.25, -0.2) is 4.79 Å². The third kappa shape index (κ3) is 3.39. The normalized spacial score (nSPS) is 46.0. The van der Waals surface area contributed by atoms with E-state index in [2.05, 4.69) is 25.7 Å². The Labute approximate surface area is 174 Å². The maximum absolute atomic E-state index is 12.1. The molecule has 0 bridgehead atoms. The van der Waals surface area contributed by atoms with Gasteiger partial charge in [0.1, 0.15) is 6.61 Å². The van der Waals surface area contributed by atoms with Gasteiger partial charge >= 0.3 is 17.3 Å². The largest absolute Gasteiger partial charge is 0.460 e. The highest BCUT2D eigenvalue weighted by molar-refractivity contribution is 7.75. The second kappa shape index (κ2) is 7.63. The zero-order valence-corrected chi connectivity index (χ0v) is 17.8. The fraction of sp³-hybridized carbons (Fsp3) is 0.714. The average molecular weight is 424 g/mol. The Morgan fingerprint density at radius 3 is 2.86 bits per heavy atom. The number of amides is 1. The molecule has 2 saturated carbocycles. The number of carbonyl (C=O) groups excluding carboxylic acids is 2. The Bertz CT molecular complexity index is 781. The number of carbonyl (C=O) groups is 2. The number of ether oxygens (including phenoxy) is 1. The number of cyclic esters (lactones) is 1. The molecule has 0 radical (unpaired) electrons. The minimum absolute atomic E-state index is 0.0146. The van der Waals surface area contributed by atoms with Gasteiger partial charge in [0.25, 0.3) is 0 Å². The van der Waals surface area contributed by atoms with Gasteiger partial charge in [0.15, 0.2) is 0 Å². The van der Waals surface area contributed by atoms with Crippen LogP contribution in [-0.2, 0) is 34.1 Å². The second-order valence-corrected chi connectivity index (χ2v) is 10.1. The summed E-state index contributed by atoms with van der Waals surface area (Å²) < 4.78 is 27.9. The molecule has 2 aliphatic heterocycles. The van der Waals surface area contributed by atoms with E-state index in [0.29, 0.717) is 30.9 Å². The molecule has 4 aliphatic rings. The topological polar surface area (TPSA) is 90.9 Å². The van der Waals surface area contributed by atoms with Crippen LogP contribution in [-0.4, -0.2) is 41.9 Å². The lowest BCUT2D eigenvalue weighted by atomic mass is 9.46. The Hall–Kier alpha value is -1.51. The molecule has 0 aromatic heterocycles. The molecule has 0 aromatic rings. The van der Waals surface area contributed by atoms with E-state index in [1.165, 1.54) is 5.57 Å². The fourth-order valence-electron chi connectivity index (χ4n) is 6.22. The van der Waals surface area contributed by atoms with E-state index < -0.39 is 11.4 Å². The molecule has 0 spiro atoms. The van der Waals surface area contributed by atoms with Gasteiger partial charge in [0, 0.05) is 5.41 Å². The van der Waals surface area contributed by atoms with Crippen molar-refractivity contribution in [1.82, 2.24) is 5.32 Å². The number of allylic oxidation sites excluding steroid dienone is 2. The SMILES string of the molecule is C=C1CCC2[C@]3(C)COS(=O)O[C@@H]3CC[C@@]2(C)[C@@H]1C/C=C1\C(=O)OCC1NC=O. The summed E-state index contributed by atoms with van der Waals surface area (Å²) in [5.41, 5.74) is 1.52. The molecule has 8 heteroatoms. The number of fused-ring (bicyclic) bond motifs is 3. The highest BCUT2D eigenvalue weighted by Gasteiger charge is 2.60. The molecular formula is C21H29NO6S. The van der Waals surface area contributed by atoms with Crippen LogP contribution in [0.2, 0.25) is 0 Å². The molecule has 3 unspecified atom stereocenters. The molecule has 7 atom stereocenters. The minimum Gasteiger partial charge on any atom is -0.460 e. The lowest BCUT2D eigenvalue weighted by Gasteiger charge is -2.61. The van der Waals surface area contributed by atoms with Crippen LogP contribution < -0.4 is 5.32 Å². The summed E-state index contributed by atoms with van der Waals surface area (Å²) in [6.45, 7) is 9.48. The van der Waals surface area contributed by atoms with Crippen LogP contribution in [0.4, 0.5) is 0 Å². The molecule has 2 aliphatic carbocycles. The molecular weight excluding hydrogens is 394 g/mol. The van der Waals surface area contributed by atoms with Gasteiger partial charge in [0.2, 0.25) is 6.41 Å². The second-order valence-electron chi connectivity index (χ2n) is 9.23. The van der Waals surface area contributed by atoms with Crippen molar-refractivity contribution in [3.05, 3.63) is 23.8 Å². The van der Waals surface area contributed by atoms with Gasteiger partial charge in [-0.3, -0.25) is 13.2 Å². The fourth-order valence-corrected chi connectivity index (χ4v) is 7.13. The Kier molecular flexibility index (Phi) is 5.46. The van der Waals surface area contributed by atoms with Crippen LogP contribution in [0, 0.1) is 22.7 Å². The molecule has 7 nitrogen and oxygen atoms in total. The average Bonchev–Trinajstić information content (AvgIpc) is 3.02. The summed E-state index contributed by atoms with van der Waals surface area (Å²) in [6, 6.07) is -0.385. The standard InChI is InChI=1S/C21H29NO6S/c1-13-4-7-17-20(2,9-8-18-21(17,3)11-27-29(25)28-18)15(13)6-5-14-16(22-12-23)10-26-19(14)24/h5,12,15-18H,1,4,6-11H2,2-3H3,(H,22,23)/b14-5-/t15-,16?,17?,18-,20+,21+,29?/m1/s1. The van der Waals surface area contributed by atoms with Crippen LogP contribution in [0.3, 0.4) is 0 Å². The summed E-state index contributed by atoms with van der Waals surface area (Å²) in [5, 5.41) is 2.66. The van der Waals surface area contributed by atoms with Crippen LogP contribution in [0.25, 0.3) is 0 Å². The van der Waals surface area contributed by atoms with Gasteiger partial charge in [-0.05, 0) is 49.4 Å². The monoisotopic (exact) mass is 423 g/mol. The molecule has 29 heavy (non-hydrogen) atoms. The first-order valence-electron chi connectivity index (χ1n) is 10.3. The first-order chi connectivity index (χ1) is 13.8. The smallest absolute Gasteiger partial charge is 0.336 e. The van der Waals surface area contributed by atoms with Crippen molar-refractivity contribution in [2.45, 2.75) is 58.1 Å². The predicted octanol–water partition coefficient (Wildman–Crippen LogP) is 2.36. The van der Waals surface area contributed by atoms with Gasteiger partial charge in [-0.15, -0.1) is 0 Å². The van der Waals surface area contributed by atoms with E-state index in [0.717, 1.165) is 25.7 Å². The number of esters is 1. The van der Waals surface area contributed by atoms with Crippen molar-refractivity contribution >= 4 is 23.7 Å². The van der Waals surface area contributed by atoms with E-state index in [-0.39, 0.29) is 41.5 Å². The van der Waals surface area contributed by atoms with Crippen LogP contribution in [0.1, 0.15) is 46.0 Å². The molecule has 1 N–H and O–H groups in total. The van der Waals surface area contributed by atoms with Gasteiger partial charge in [0.05, 0.1) is 24.3 Å². The first-order valence-corrected chi connectivity index (χ1v) is 11.3. The summed E-state index contributed by atoms with van der Waals surface area (Å²) in [6.07, 6.45) is 6.85. The molecule has 2 saturated heterocycles. The van der Waals surface area contributed by atoms with Crippen molar-refractivity contribution in [3.63, 3.8) is 0 Å². The Balaban J connectivity index is 1.60. The van der Waals surface area contributed by atoms with Crippen LogP contribution in [0.15, 0.2) is 23.8 Å². The van der Waals surface area contributed by atoms with E-state index in [4.69, 9.17) is 13.1 Å². The molecule has 0 aromatic carbocycles. The third-order valence-electron chi connectivity index (χ3n) is 7.81. The quantitative estimate of drug-likeness (QED) is 0.323. The number of hydrogen-bond donors (Lipinski definition) is 1. The first kappa shape index (κ1) is 20.8. The van der Waals surface area contributed by atoms with E-state index in [9.17, 15) is 13.8 Å².